The highest BCUT2D eigenvalue weighted by Crippen LogP contribution is 2.31. The van der Waals surface area contributed by atoms with Gasteiger partial charge < -0.3 is 15.0 Å². The number of carbonyl (C=O) groups is 2. The minimum absolute atomic E-state index is 0.0507. The number of rotatable bonds is 6. The van der Waals surface area contributed by atoms with Crippen LogP contribution in [0, 0.1) is 29.9 Å². The highest BCUT2D eigenvalue weighted by molar-refractivity contribution is 5.96. The monoisotopic (exact) mass is 429 g/mol. The van der Waals surface area contributed by atoms with Gasteiger partial charge in [0.05, 0.1) is 27.9 Å². The largest absolute Gasteiger partial charge is 0.452 e. The predicted octanol–water partition coefficient (Wildman–Crippen LogP) is 2.73. The molecule has 0 saturated carbocycles. The Morgan fingerprint density at radius 3 is 2.48 bits per heavy atom. The lowest BCUT2D eigenvalue weighted by atomic mass is 9.96. The van der Waals surface area contributed by atoms with Crippen molar-refractivity contribution in [3.63, 3.8) is 0 Å². The maximum Gasteiger partial charge on any atom is 0.309 e. The van der Waals surface area contributed by atoms with Crippen molar-refractivity contribution in [1.82, 2.24) is 9.78 Å². The Kier molecular flexibility index (Phi) is 6.57. The Morgan fingerprint density at radius 2 is 1.90 bits per heavy atom. The minimum atomic E-state index is -0.945. The number of nitro benzene ring substituents is 1. The molecule has 2 aromatic rings. The Morgan fingerprint density at radius 1 is 1.26 bits per heavy atom. The molecule has 31 heavy (non-hydrogen) atoms. The molecule has 1 fully saturated rings. The first-order valence-corrected chi connectivity index (χ1v) is 10.2. The number of amides is 1. The smallest absolute Gasteiger partial charge is 0.309 e. The van der Waals surface area contributed by atoms with Crippen LogP contribution in [-0.2, 0) is 21.4 Å². The summed E-state index contributed by atoms with van der Waals surface area (Å²) in [6.45, 7) is 6.18. The SMILES string of the molecule is Cc1nn(C)c(C)c1NC(=O)C(C)OC(=O)C1CCN(c2ccccc2[N+](=O)[O-])CC1. The molecule has 1 amide bonds. The van der Waals surface area contributed by atoms with E-state index in [4.69, 9.17) is 4.74 Å². The number of nitrogens with zero attached hydrogens (tertiary/aromatic N) is 4. The number of aryl methyl sites for hydroxylation is 2. The Balaban J connectivity index is 1.55. The second-order valence-electron chi connectivity index (χ2n) is 7.74. The third-order valence-electron chi connectivity index (χ3n) is 5.67. The van der Waals surface area contributed by atoms with Crippen LogP contribution < -0.4 is 10.2 Å². The summed E-state index contributed by atoms with van der Waals surface area (Å²) in [7, 11) is 1.79. The van der Waals surface area contributed by atoms with Gasteiger partial charge in [-0.05, 0) is 39.7 Å². The van der Waals surface area contributed by atoms with Crippen molar-refractivity contribution in [2.24, 2.45) is 13.0 Å². The third kappa shape index (κ3) is 4.84. The van der Waals surface area contributed by atoms with Crippen LogP contribution in [0.25, 0.3) is 0 Å². The van der Waals surface area contributed by atoms with Gasteiger partial charge in [-0.25, -0.2) is 0 Å². The Hall–Kier alpha value is -3.43. The molecule has 166 valence electrons. The quantitative estimate of drug-likeness (QED) is 0.426. The normalized spacial score (nSPS) is 15.4. The lowest BCUT2D eigenvalue weighted by molar-refractivity contribution is -0.384. The average molecular weight is 429 g/mol. The lowest BCUT2D eigenvalue weighted by Crippen LogP contribution is -2.39. The summed E-state index contributed by atoms with van der Waals surface area (Å²) >= 11 is 0. The predicted molar refractivity (Wildman–Crippen MR) is 115 cm³/mol. The first-order chi connectivity index (χ1) is 14.7. The van der Waals surface area contributed by atoms with E-state index in [0.717, 1.165) is 5.69 Å². The molecule has 3 rings (SSSR count). The van der Waals surface area contributed by atoms with Crippen LogP contribution in [0.3, 0.4) is 0 Å². The van der Waals surface area contributed by atoms with Crippen molar-refractivity contribution in [3.8, 4) is 0 Å². The van der Waals surface area contributed by atoms with Crippen molar-refractivity contribution in [2.45, 2.75) is 39.7 Å². The Labute approximate surface area is 180 Å². The van der Waals surface area contributed by atoms with E-state index >= 15 is 0 Å². The van der Waals surface area contributed by atoms with Crippen molar-refractivity contribution in [1.29, 1.82) is 0 Å². The van der Waals surface area contributed by atoms with E-state index in [-0.39, 0.29) is 11.6 Å². The molecule has 10 heteroatoms. The van der Waals surface area contributed by atoms with Crippen molar-refractivity contribution < 1.29 is 19.2 Å². The molecule has 0 radical (unpaired) electrons. The lowest BCUT2D eigenvalue weighted by Gasteiger charge is -2.32. The van der Waals surface area contributed by atoms with Gasteiger partial charge in [-0.3, -0.25) is 24.4 Å². The number of piperidine rings is 1. The molecule has 0 spiro atoms. The zero-order chi connectivity index (χ0) is 22.7. The molecular weight excluding hydrogens is 402 g/mol. The zero-order valence-electron chi connectivity index (χ0n) is 18.1. The van der Waals surface area contributed by atoms with Crippen LogP contribution in [0.4, 0.5) is 17.1 Å². The molecule has 1 aromatic carbocycles. The molecule has 1 aliphatic heterocycles. The van der Waals surface area contributed by atoms with Crippen molar-refractivity contribution in [2.75, 3.05) is 23.3 Å². The number of hydrogen-bond donors (Lipinski definition) is 1. The van der Waals surface area contributed by atoms with Gasteiger partial charge in [0, 0.05) is 26.2 Å². The van der Waals surface area contributed by atoms with E-state index in [1.165, 1.54) is 13.0 Å². The summed E-state index contributed by atoms with van der Waals surface area (Å²) in [6.07, 6.45) is 0.0554. The van der Waals surface area contributed by atoms with Gasteiger partial charge in [0.1, 0.15) is 5.69 Å². The van der Waals surface area contributed by atoms with E-state index in [2.05, 4.69) is 10.4 Å². The molecule has 1 saturated heterocycles. The third-order valence-corrected chi connectivity index (χ3v) is 5.67. The number of nitrogens with one attached hydrogen (secondary N) is 1. The molecule has 0 bridgehead atoms. The topological polar surface area (TPSA) is 120 Å². The Bertz CT molecular complexity index is 994. The number of aromatic nitrogens is 2. The van der Waals surface area contributed by atoms with Crippen LogP contribution in [0.15, 0.2) is 24.3 Å². The molecule has 0 aliphatic carbocycles. The molecule has 1 unspecified atom stereocenters. The van der Waals surface area contributed by atoms with Gasteiger partial charge in [-0.15, -0.1) is 0 Å². The van der Waals surface area contributed by atoms with Gasteiger partial charge in [0.25, 0.3) is 11.6 Å². The standard InChI is InChI=1S/C21H27N5O5/c1-13-19(14(2)24(4)23-13)22-20(27)15(3)31-21(28)16-9-11-25(12-10-16)17-7-5-6-8-18(17)26(29)30/h5-8,15-16H,9-12H2,1-4H3,(H,22,27). The van der Waals surface area contributed by atoms with Gasteiger partial charge in [0.15, 0.2) is 6.10 Å². The highest BCUT2D eigenvalue weighted by Gasteiger charge is 2.31. The summed E-state index contributed by atoms with van der Waals surface area (Å²) < 4.78 is 7.08. The second-order valence-corrected chi connectivity index (χ2v) is 7.74. The van der Waals surface area contributed by atoms with E-state index in [1.54, 1.807) is 36.9 Å². The summed E-state index contributed by atoms with van der Waals surface area (Å²) in [5.41, 5.74) is 2.72. The van der Waals surface area contributed by atoms with E-state index in [0.29, 0.717) is 43.0 Å². The van der Waals surface area contributed by atoms with Crippen LogP contribution in [0.2, 0.25) is 0 Å². The van der Waals surface area contributed by atoms with E-state index in [9.17, 15) is 19.7 Å². The fraction of sp³-hybridized carbons (Fsp3) is 0.476. The summed E-state index contributed by atoms with van der Waals surface area (Å²) in [6, 6.07) is 6.58. The number of anilines is 2. The molecule has 1 atom stereocenters. The molecule has 1 aromatic heterocycles. The highest BCUT2D eigenvalue weighted by atomic mass is 16.6. The van der Waals surface area contributed by atoms with Crippen LogP contribution in [0.1, 0.15) is 31.2 Å². The van der Waals surface area contributed by atoms with Crippen molar-refractivity contribution >= 4 is 28.9 Å². The maximum absolute atomic E-state index is 12.6. The fourth-order valence-corrected chi connectivity index (χ4v) is 3.75. The molecule has 1 N–H and O–H groups in total. The number of hydrogen-bond acceptors (Lipinski definition) is 7. The molecule has 10 nitrogen and oxygen atoms in total. The first-order valence-electron chi connectivity index (χ1n) is 10.2. The van der Waals surface area contributed by atoms with Crippen molar-refractivity contribution in [3.05, 3.63) is 45.8 Å². The number of benzene rings is 1. The first kappa shape index (κ1) is 22.3. The van der Waals surface area contributed by atoms with E-state index < -0.39 is 22.9 Å². The molecule has 2 heterocycles. The van der Waals surface area contributed by atoms with E-state index in [1.807, 2.05) is 11.8 Å². The summed E-state index contributed by atoms with van der Waals surface area (Å²) in [5.74, 6) is -1.19. The minimum Gasteiger partial charge on any atom is -0.452 e. The summed E-state index contributed by atoms with van der Waals surface area (Å²) in [5, 5.41) is 18.3. The molecule has 1 aliphatic rings. The van der Waals surface area contributed by atoms with Gasteiger partial charge >= 0.3 is 5.97 Å². The fourth-order valence-electron chi connectivity index (χ4n) is 3.75. The number of nitro groups is 1. The number of esters is 1. The number of carbonyl (C=O) groups excluding carboxylic acids is 2. The molecular formula is C21H27N5O5. The van der Waals surface area contributed by atoms with Gasteiger partial charge in [-0.1, -0.05) is 12.1 Å². The number of ether oxygens (including phenoxy) is 1. The van der Waals surface area contributed by atoms with Crippen LogP contribution >= 0.6 is 0 Å². The zero-order valence-corrected chi connectivity index (χ0v) is 18.1. The maximum atomic E-state index is 12.6. The second kappa shape index (κ2) is 9.15. The average Bonchev–Trinajstić information content (AvgIpc) is 2.99. The van der Waals surface area contributed by atoms with Crippen LogP contribution in [0.5, 0.6) is 0 Å². The van der Waals surface area contributed by atoms with Gasteiger partial charge in [-0.2, -0.15) is 5.10 Å². The van der Waals surface area contributed by atoms with Gasteiger partial charge in [0.2, 0.25) is 0 Å². The number of para-hydroxylation sites is 2. The van der Waals surface area contributed by atoms with Crippen LogP contribution in [-0.4, -0.2) is 45.8 Å². The summed E-state index contributed by atoms with van der Waals surface area (Å²) in [4.78, 5) is 37.8.